The SMILES string of the molecule is CCCCc1nc(C)c(-c2ccc3c(c2)CCO3)c(=O)n1Cc1ccc(-c2ccccc2-c2noc(=O)[nH]2)cc1.[K]. The van der Waals surface area contributed by atoms with Gasteiger partial charge in [0.05, 0.1) is 24.4 Å². The number of nitrogens with one attached hydrogen (secondary N) is 1. The number of fused-ring (bicyclic) bond motifs is 1. The second-order valence-electron chi connectivity index (χ2n) is 10.1. The molecule has 0 amide bonds. The van der Waals surface area contributed by atoms with E-state index in [1.165, 1.54) is 0 Å². The molecule has 0 saturated heterocycles. The van der Waals surface area contributed by atoms with Crippen LogP contribution in [0.2, 0.25) is 0 Å². The Bertz CT molecular complexity index is 1800. The molecule has 8 nitrogen and oxygen atoms in total. The summed E-state index contributed by atoms with van der Waals surface area (Å²) in [6, 6.07) is 21.8. The van der Waals surface area contributed by atoms with Crippen molar-refractivity contribution < 1.29 is 9.26 Å². The molecule has 0 bridgehead atoms. The Morgan fingerprint density at radius 2 is 1.73 bits per heavy atom. The number of ether oxygens (including phenoxy) is 1. The van der Waals surface area contributed by atoms with E-state index in [2.05, 4.69) is 23.1 Å². The summed E-state index contributed by atoms with van der Waals surface area (Å²) in [4.78, 5) is 33.1. The number of benzene rings is 3. The largest absolute Gasteiger partial charge is 0.493 e. The number of aromatic amines is 1. The molecule has 1 N–H and O–H groups in total. The summed E-state index contributed by atoms with van der Waals surface area (Å²) < 4.78 is 12.2. The van der Waals surface area contributed by atoms with Crippen LogP contribution in [0.15, 0.2) is 80.8 Å². The minimum absolute atomic E-state index is 0. The van der Waals surface area contributed by atoms with Crippen LogP contribution in [-0.2, 0) is 19.4 Å². The molecule has 3 aromatic carbocycles. The zero-order chi connectivity index (χ0) is 27.6. The van der Waals surface area contributed by atoms with Crippen molar-refractivity contribution in [1.82, 2.24) is 19.7 Å². The first-order chi connectivity index (χ1) is 19.5. The molecular weight excluding hydrogens is 543 g/mol. The summed E-state index contributed by atoms with van der Waals surface area (Å²) >= 11 is 0. The third kappa shape index (κ3) is 6.10. The van der Waals surface area contributed by atoms with Crippen molar-refractivity contribution in [1.29, 1.82) is 0 Å². The van der Waals surface area contributed by atoms with Crippen molar-refractivity contribution in [3.05, 3.63) is 110 Å². The van der Waals surface area contributed by atoms with Crippen LogP contribution < -0.4 is 16.1 Å². The predicted molar refractivity (Wildman–Crippen MR) is 159 cm³/mol. The van der Waals surface area contributed by atoms with Crippen LogP contribution in [-0.4, -0.2) is 77.7 Å². The molecule has 0 fully saturated rings. The van der Waals surface area contributed by atoms with Gasteiger partial charge in [-0.25, -0.2) is 9.78 Å². The Kier molecular flexibility index (Phi) is 9.21. The summed E-state index contributed by atoms with van der Waals surface area (Å²) in [5.74, 6) is 1.49. The Labute approximate surface area is 280 Å². The molecular formula is C32H30KN4O4. The zero-order valence-electron chi connectivity index (χ0n) is 23.6. The summed E-state index contributed by atoms with van der Waals surface area (Å²) in [5.41, 5.74) is 7.02. The molecule has 0 unspecified atom stereocenters. The summed E-state index contributed by atoms with van der Waals surface area (Å²) in [6.45, 7) is 5.16. The second-order valence-corrected chi connectivity index (χ2v) is 10.1. The minimum atomic E-state index is -0.594. The van der Waals surface area contributed by atoms with Gasteiger partial charge in [-0.15, -0.1) is 0 Å². The van der Waals surface area contributed by atoms with Gasteiger partial charge in [-0.2, -0.15) is 0 Å². The van der Waals surface area contributed by atoms with Gasteiger partial charge in [0, 0.05) is 69.8 Å². The van der Waals surface area contributed by atoms with Gasteiger partial charge < -0.3 is 4.74 Å². The molecule has 1 aliphatic rings. The molecule has 2 aromatic heterocycles. The molecule has 1 radical (unpaired) electrons. The average molecular weight is 574 g/mol. The van der Waals surface area contributed by atoms with Crippen molar-refractivity contribution in [2.24, 2.45) is 0 Å². The summed E-state index contributed by atoms with van der Waals surface area (Å²) in [6.07, 6.45) is 3.57. The van der Waals surface area contributed by atoms with Crippen molar-refractivity contribution in [2.75, 3.05) is 6.61 Å². The van der Waals surface area contributed by atoms with Gasteiger partial charge >= 0.3 is 5.76 Å². The number of hydrogen-bond donors (Lipinski definition) is 1. The molecule has 3 heterocycles. The molecule has 1 aliphatic heterocycles. The Morgan fingerprint density at radius 3 is 2.46 bits per heavy atom. The van der Waals surface area contributed by atoms with E-state index in [1.807, 2.05) is 72.2 Å². The van der Waals surface area contributed by atoms with Gasteiger partial charge in [0.1, 0.15) is 11.6 Å². The van der Waals surface area contributed by atoms with Gasteiger partial charge in [0.25, 0.3) is 5.56 Å². The van der Waals surface area contributed by atoms with E-state index < -0.39 is 5.76 Å². The van der Waals surface area contributed by atoms with Crippen molar-refractivity contribution in [3.8, 4) is 39.4 Å². The third-order valence-electron chi connectivity index (χ3n) is 7.39. The quantitative estimate of drug-likeness (QED) is 0.257. The van der Waals surface area contributed by atoms with Gasteiger partial charge in [0.2, 0.25) is 0 Å². The van der Waals surface area contributed by atoms with Crippen LogP contribution in [0.25, 0.3) is 33.6 Å². The van der Waals surface area contributed by atoms with Crippen LogP contribution in [0.5, 0.6) is 5.75 Å². The first-order valence-corrected chi connectivity index (χ1v) is 13.6. The van der Waals surface area contributed by atoms with Gasteiger partial charge in [-0.1, -0.05) is 73.1 Å². The maximum atomic E-state index is 14.0. The number of aryl methyl sites for hydroxylation is 2. The molecule has 0 saturated carbocycles. The standard InChI is InChI=1S/C32H30N4O4.K/c1-3-4-9-28-33-20(2)29(24-14-15-27-23(18-24)16-17-39-27)31(37)36(28)19-21-10-12-22(13-11-21)25-7-5-6-8-26(25)30-34-32(38)40-35-30;/h5-8,10-15,18H,3-4,9,16-17,19H2,1-2H3,(H,34,35,38);. The van der Waals surface area contributed by atoms with E-state index in [4.69, 9.17) is 14.2 Å². The van der Waals surface area contributed by atoms with Gasteiger partial charge in [-0.3, -0.25) is 18.9 Å². The molecule has 0 aliphatic carbocycles. The molecule has 5 aromatic rings. The van der Waals surface area contributed by atoms with Crippen LogP contribution in [0.4, 0.5) is 0 Å². The number of nitrogens with zero attached hydrogens (tertiary/aromatic N) is 3. The second kappa shape index (κ2) is 12.8. The van der Waals surface area contributed by atoms with Crippen LogP contribution in [0.3, 0.4) is 0 Å². The maximum Gasteiger partial charge on any atom is 0.439 e. The fourth-order valence-electron chi connectivity index (χ4n) is 5.34. The first-order valence-electron chi connectivity index (χ1n) is 13.6. The third-order valence-corrected chi connectivity index (χ3v) is 7.39. The molecule has 6 rings (SSSR count). The fourth-order valence-corrected chi connectivity index (χ4v) is 5.34. The molecule has 203 valence electrons. The topological polar surface area (TPSA) is 103 Å². The normalized spacial score (nSPS) is 12.0. The van der Waals surface area contributed by atoms with Crippen LogP contribution in [0, 0.1) is 6.92 Å². The van der Waals surface area contributed by atoms with E-state index in [0.717, 1.165) is 76.3 Å². The van der Waals surface area contributed by atoms with E-state index in [1.54, 1.807) is 0 Å². The zero-order valence-corrected chi connectivity index (χ0v) is 26.7. The summed E-state index contributed by atoms with van der Waals surface area (Å²) in [5, 5.41) is 3.85. The molecule has 0 atom stereocenters. The number of aromatic nitrogens is 4. The van der Waals surface area contributed by atoms with E-state index in [0.29, 0.717) is 24.5 Å². The predicted octanol–water partition coefficient (Wildman–Crippen LogP) is 5.17. The van der Waals surface area contributed by atoms with E-state index >= 15 is 0 Å². The van der Waals surface area contributed by atoms with Crippen LogP contribution in [0.1, 0.15) is 42.4 Å². The Hall–Kier alpha value is -3.08. The Morgan fingerprint density at radius 1 is 0.976 bits per heavy atom. The Balaban J connectivity index is 0.00000337. The number of unbranched alkanes of at least 4 members (excludes halogenated alkanes) is 1. The summed E-state index contributed by atoms with van der Waals surface area (Å²) in [7, 11) is 0. The van der Waals surface area contributed by atoms with Crippen LogP contribution >= 0.6 is 0 Å². The molecule has 9 heteroatoms. The van der Waals surface area contributed by atoms with E-state index in [-0.39, 0.29) is 56.9 Å². The number of rotatable bonds is 8. The fraction of sp³-hybridized carbons (Fsp3) is 0.250. The average Bonchev–Trinajstić information content (AvgIpc) is 3.62. The van der Waals surface area contributed by atoms with E-state index in [9.17, 15) is 9.59 Å². The maximum absolute atomic E-state index is 14.0. The first kappa shape index (κ1) is 29.4. The van der Waals surface area contributed by atoms with Gasteiger partial charge in [-0.05, 0) is 53.3 Å². The minimum Gasteiger partial charge on any atom is -0.493 e. The number of H-pyrrole nitrogens is 1. The van der Waals surface area contributed by atoms with Crippen molar-refractivity contribution in [2.45, 2.75) is 46.1 Å². The molecule has 41 heavy (non-hydrogen) atoms. The monoisotopic (exact) mass is 573 g/mol. The van der Waals surface area contributed by atoms with Crippen molar-refractivity contribution >= 4 is 51.4 Å². The molecule has 0 spiro atoms. The number of hydrogen-bond acceptors (Lipinski definition) is 6. The van der Waals surface area contributed by atoms with Crippen molar-refractivity contribution in [3.63, 3.8) is 0 Å². The van der Waals surface area contributed by atoms with Gasteiger partial charge in [0.15, 0.2) is 5.82 Å². The smallest absolute Gasteiger partial charge is 0.439 e.